The maximum atomic E-state index is 8.56. The van der Waals surface area contributed by atoms with Gasteiger partial charge in [-0.1, -0.05) is 44.2 Å². The molecule has 0 bridgehead atoms. The van der Waals surface area contributed by atoms with E-state index >= 15 is 0 Å². The van der Waals surface area contributed by atoms with E-state index in [-0.39, 0.29) is 0 Å². The van der Waals surface area contributed by atoms with Gasteiger partial charge < -0.3 is 5.32 Å². The van der Waals surface area contributed by atoms with E-state index in [9.17, 15) is 0 Å². The summed E-state index contributed by atoms with van der Waals surface area (Å²) in [4.78, 5) is 0. The number of rotatable bonds is 3. The number of hydrogen-bond acceptors (Lipinski definition) is 2. The Hall–Kier alpha value is -2.27. The van der Waals surface area contributed by atoms with Crippen molar-refractivity contribution in [3.05, 3.63) is 60.2 Å². The highest BCUT2D eigenvalue weighted by atomic mass is 14.9. The molecular weight excluding hydrogens is 220 g/mol. The smallest absolute Gasteiger partial charge is 0.0669 e. The van der Waals surface area contributed by atoms with Crippen molar-refractivity contribution in [2.75, 3.05) is 5.32 Å². The molecule has 2 aromatic rings. The Morgan fingerprint density at radius 3 is 2.00 bits per heavy atom. The molecule has 2 nitrogen and oxygen atoms in total. The Morgan fingerprint density at radius 2 is 1.44 bits per heavy atom. The van der Waals surface area contributed by atoms with E-state index in [1.54, 1.807) is 0 Å². The van der Waals surface area contributed by atoms with E-state index in [4.69, 9.17) is 5.26 Å². The van der Waals surface area contributed by atoms with Crippen LogP contribution in [-0.2, 0) is 6.42 Å². The normalized spacial score (nSPS) is 8.72. The predicted molar refractivity (Wildman–Crippen MR) is 76.8 cm³/mol. The van der Waals surface area contributed by atoms with Crippen LogP contribution in [0.2, 0.25) is 0 Å². The molecule has 2 aromatic carbocycles. The maximum Gasteiger partial charge on any atom is 0.0669 e. The molecule has 1 N–H and O–H groups in total. The van der Waals surface area contributed by atoms with E-state index in [0.29, 0.717) is 6.42 Å². The average molecular weight is 238 g/mol. The Morgan fingerprint density at radius 1 is 0.889 bits per heavy atom. The SMILES string of the molecule is CC.N#CCc1ccc(Nc2ccccc2)cc1. The molecule has 0 unspecified atom stereocenters. The van der Waals surface area contributed by atoms with Crippen LogP contribution in [-0.4, -0.2) is 0 Å². The van der Waals surface area contributed by atoms with Crippen LogP contribution in [0.15, 0.2) is 54.6 Å². The summed E-state index contributed by atoms with van der Waals surface area (Å²) >= 11 is 0. The first kappa shape index (κ1) is 13.8. The fourth-order valence-electron chi connectivity index (χ4n) is 1.49. The molecule has 2 rings (SSSR count). The molecule has 0 aliphatic rings. The standard InChI is InChI=1S/C14H12N2.C2H6/c15-11-10-12-6-8-14(9-7-12)16-13-4-2-1-3-5-13;1-2/h1-9,16H,10H2;1-2H3. The van der Waals surface area contributed by atoms with Crippen LogP contribution in [0.4, 0.5) is 11.4 Å². The zero-order chi connectivity index (χ0) is 13.2. The number of nitrogens with zero attached hydrogens (tertiary/aromatic N) is 1. The van der Waals surface area contributed by atoms with Crippen LogP contribution >= 0.6 is 0 Å². The third-order valence-electron chi connectivity index (χ3n) is 2.30. The Kier molecular flexibility index (Phi) is 6.07. The molecule has 0 saturated carbocycles. The summed E-state index contributed by atoms with van der Waals surface area (Å²) in [6, 6.07) is 20.0. The fourth-order valence-corrected chi connectivity index (χ4v) is 1.49. The van der Waals surface area contributed by atoms with Gasteiger partial charge in [0.25, 0.3) is 0 Å². The van der Waals surface area contributed by atoms with E-state index < -0.39 is 0 Å². The summed E-state index contributed by atoms with van der Waals surface area (Å²) in [6.45, 7) is 4.00. The van der Waals surface area contributed by atoms with Crippen molar-refractivity contribution in [2.45, 2.75) is 20.3 Å². The highest BCUT2D eigenvalue weighted by Gasteiger charge is 1.94. The maximum absolute atomic E-state index is 8.56. The molecule has 0 heterocycles. The van der Waals surface area contributed by atoms with Crippen LogP contribution in [0.5, 0.6) is 0 Å². The Balaban J connectivity index is 0.000000771. The minimum Gasteiger partial charge on any atom is -0.356 e. The van der Waals surface area contributed by atoms with E-state index in [0.717, 1.165) is 16.9 Å². The van der Waals surface area contributed by atoms with Gasteiger partial charge in [-0.2, -0.15) is 5.26 Å². The van der Waals surface area contributed by atoms with Crippen LogP contribution in [0, 0.1) is 11.3 Å². The van der Waals surface area contributed by atoms with Crippen LogP contribution in [0.3, 0.4) is 0 Å². The topological polar surface area (TPSA) is 35.8 Å². The summed E-state index contributed by atoms with van der Waals surface area (Å²) in [5, 5.41) is 11.8. The zero-order valence-corrected chi connectivity index (χ0v) is 10.9. The zero-order valence-electron chi connectivity index (χ0n) is 10.9. The second kappa shape index (κ2) is 7.92. The summed E-state index contributed by atoms with van der Waals surface area (Å²) in [7, 11) is 0. The third kappa shape index (κ3) is 4.31. The van der Waals surface area contributed by atoms with Gasteiger partial charge in [0.05, 0.1) is 12.5 Å². The highest BCUT2D eigenvalue weighted by Crippen LogP contribution is 2.16. The number of para-hydroxylation sites is 1. The molecule has 0 aliphatic carbocycles. The van der Waals surface area contributed by atoms with Crippen molar-refractivity contribution in [3.63, 3.8) is 0 Å². The Labute approximate surface area is 109 Å². The lowest BCUT2D eigenvalue weighted by Gasteiger charge is -2.06. The van der Waals surface area contributed by atoms with Gasteiger partial charge in [-0.25, -0.2) is 0 Å². The minimum absolute atomic E-state index is 0.464. The summed E-state index contributed by atoms with van der Waals surface area (Å²) in [5.74, 6) is 0. The lowest BCUT2D eigenvalue weighted by molar-refractivity contribution is 1.26. The molecular formula is C16H18N2. The molecule has 0 saturated heterocycles. The Bertz CT molecular complexity index is 481. The lowest BCUT2D eigenvalue weighted by Crippen LogP contribution is -1.90. The van der Waals surface area contributed by atoms with Gasteiger partial charge in [-0.3, -0.25) is 0 Å². The monoisotopic (exact) mass is 238 g/mol. The van der Waals surface area contributed by atoms with E-state index in [1.165, 1.54) is 0 Å². The largest absolute Gasteiger partial charge is 0.356 e. The van der Waals surface area contributed by atoms with Crippen LogP contribution in [0.25, 0.3) is 0 Å². The van der Waals surface area contributed by atoms with E-state index in [1.807, 2.05) is 68.4 Å². The van der Waals surface area contributed by atoms with Crippen molar-refractivity contribution in [1.29, 1.82) is 5.26 Å². The number of anilines is 2. The van der Waals surface area contributed by atoms with Gasteiger partial charge >= 0.3 is 0 Å². The van der Waals surface area contributed by atoms with Gasteiger partial charge in [-0.05, 0) is 29.8 Å². The molecule has 18 heavy (non-hydrogen) atoms. The number of nitriles is 1. The molecule has 0 aromatic heterocycles. The predicted octanol–water partition coefficient (Wildman–Crippen LogP) is 4.52. The molecule has 0 spiro atoms. The van der Waals surface area contributed by atoms with Gasteiger partial charge in [-0.15, -0.1) is 0 Å². The van der Waals surface area contributed by atoms with E-state index in [2.05, 4.69) is 11.4 Å². The van der Waals surface area contributed by atoms with Crippen molar-refractivity contribution in [1.82, 2.24) is 0 Å². The molecule has 2 heteroatoms. The molecule has 0 aliphatic heterocycles. The first-order valence-corrected chi connectivity index (χ1v) is 6.16. The second-order valence-electron chi connectivity index (χ2n) is 3.52. The summed E-state index contributed by atoms with van der Waals surface area (Å²) in [5.41, 5.74) is 3.14. The molecule has 0 fully saturated rings. The molecule has 0 amide bonds. The number of nitrogens with one attached hydrogen (secondary N) is 1. The van der Waals surface area contributed by atoms with Crippen molar-refractivity contribution >= 4 is 11.4 Å². The van der Waals surface area contributed by atoms with Crippen molar-refractivity contribution in [3.8, 4) is 6.07 Å². The summed E-state index contributed by atoms with van der Waals surface area (Å²) in [6.07, 6.45) is 0.464. The van der Waals surface area contributed by atoms with Crippen molar-refractivity contribution < 1.29 is 0 Å². The lowest BCUT2D eigenvalue weighted by atomic mass is 10.1. The minimum atomic E-state index is 0.464. The summed E-state index contributed by atoms with van der Waals surface area (Å²) < 4.78 is 0. The van der Waals surface area contributed by atoms with Crippen LogP contribution in [0.1, 0.15) is 19.4 Å². The molecule has 92 valence electrons. The van der Waals surface area contributed by atoms with Gasteiger partial charge in [0, 0.05) is 11.4 Å². The second-order valence-corrected chi connectivity index (χ2v) is 3.52. The van der Waals surface area contributed by atoms with Crippen LogP contribution < -0.4 is 5.32 Å². The first-order valence-electron chi connectivity index (χ1n) is 6.16. The van der Waals surface area contributed by atoms with Gasteiger partial charge in [0.1, 0.15) is 0 Å². The highest BCUT2D eigenvalue weighted by molar-refractivity contribution is 5.59. The first-order chi connectivity index (χ1) is 8.88. The quantitative estimate of drug-likeness (QED) is 0.853. The molecule has 0 radical (unpaired) electrons. The average Bonchev–Trinajstić information content (AvgIpc) is 2.45. The number of benzene rings is 2. The van der Waals surface area contributed by atoms with Gasteiger partial charge in [0.2, 0.25) is 0 Å². The fraction of sp³-hybridized carbons (Fsp3) is 0.188. The molecule has 0 atom stereocenters. The van der Waals surface area contributed by atoms with Gasteiger partial charge in [0.15, 0.2) is 0 Å². The number of hydrogen-bond donors (Lipinski definition) is 1. The third-order valence-corrected chi connectivity index (χ3v) is 2.30. The van der Waals surface area contributed by atoms with Crippen molar-refractivity contribution in [2.24, 2.45) is 0 Å².